The number of carbonyl (C=O) groups is 2. The number of ether oxygens (including phenoxy) is 1. The van der Waals surface area contributed by atoms with Gasteiger partial charge in [0.05, 0.1) is 40.1 Å². The van der Waals surface area contributed by atoms with Crippen molar-refractivity contribution in [3.8, 4) is 5.75 Å². The third-order valence-electron chi connectivity index (χ3n) is 9.29. The summed E-state index contributed by atoms with van der Waals surface area (Å²) in [7, 11) is -5.00. The zero-order valence-electron chi connectivity index (χ0n) is 28.9. The highest BCUT2D eigenvalue weighted by Crippen LogP contribution is 2.43. The molecule has 286 valence electrons. The Morgan fingerprint density at radius 3 is 2.33 bits per heavy atom. The highest BCUT2D eigenvalue weighted by molar-refractivity contribution is 7.93. The second-order valence-electron chi connectivity index (χ2n) is 13.2. The number of sulfonamides is 1. The zero-order valence-corrected chi connectivity index (χ0v) is 31.2. The number of halogens is 6. The number of nitrogens with one attached hydrogen (secondary N) is 1. The van der Waals surface area contributed by atoms with Crippen LogP contribution in [0.1, 0.15) is 71.1 Å². The van der Waals surface area contributed by atoms with Crippen molar-refractivity contribution >= 4 is 62.2 Å². The van der Waals surface area contributed by atoms with Crippen LogP contribution in [0.4, 0.5) is 34.6 Å². The smallest absolute Gasteiger partial charge is 0.335 e. The fourth-order valence-electron chi connectivity index (χ4n) is 6.49. The van der Waals surface area contributed by atoms with Crippen LogP contribution in [0.3, 0.4) is 0 Å². The molecule has 4 aromatic rings. The van der Waals surface area contributed by atoms with Crippen molar-refractivity contribution in [3.05, 3.63) is 116 Å². The zero-order chi connectivity index (χ0) is 38.9. The Labute approximate surface area is 319 Å². The molecule has 4 aromatic carbocycles. The summed E-state index contributed by atoms with van der Waals surface area (Å²) in [4.78, 5) is 29.4. The molecule has 2 N–H and O–H groups in total. The summed E-state index contributed by atoms with van der Waals surface area (Å²) in [6, 6.07) is 13.9. The third-order valence-corrected chi connectivity index (χ3v) is 11.3. The first-order chi connectivity index (χ1) is 25.7. The lowest BCUT2D eigenvalue weighted by atomic mass is 10.0. The molecule has 1 amide bonds. The molecule has 16 heteroatoms. The summed E-state index contributed by atoms with van der Waals surface area (Å²) in [5.74, 6) is -11.8. The number of aromatic carboxylic acids is 1. The Balaban J connectivity index is 1.39. The van der Waals surface area contributed by atoms with Crippen LogP contribution in [0, 0.1) is 23.3 Å². The lowest BCUT2D eigenvalue weighted by molar-refractivity contribution is -0.116. The molecule has 2 fully saturated rings. The predicted octanol–water partition coefficient (Wildman–Crippen LogP) is 8.69. The first kappa shape index (κ1) is 39.2. The van der Waals surface area contributed by atoms with E-state index >= 15 is 8.78 Å². The summed E-state index contributed by atoms with van der Waals surface area (Å²) >= 11 is 12.3. The molecule has 9 nitrogen and oxygen atoms in total. The number of carbonyl (C=O) groups excluding carboxylic acids is 1. The molecule has 0 atom stereocenters. The van der Waals surface area contributed by atoms with E-state index in [1.165, 1.54) is 36.4 Å². The van der Waals surface area contributed by atoms with Gasteiger partial charge in [-0.3, -0.25) is 9.52 Å². The number of carboxylic acids is 1. The van der Waals surface area contributed by atoms with Crippen LogP contribution < -0.4 is 19.3 Å². The fraction of sp³-hybridized carbons (Fsp3) is 0.316. The van der Waals surface area contributed by atoms with E-state index in [0.29, 0.717) is 11.5 Å². The maximum atomic E-state index is 15.3. The summed E-state index contributed by atoms with van der Waals surface area (Å²) < 4.78 is 94.6. The normalized spacial score (nSPS) is 14.3. The molecule has 1 saturated carbocycles. The van der Waals surface area contributed by atoms with Crippen molar-refractivity contribution in [2.24, 2.45) is 0 Å². The van der Waals surface area contributed by atoms with Gasteiger partial charge in [-0.2, -0.15) is 0 Å². The Hall–Kier alpha value is -4.53. The monoisotopic (exact) mass is 807 g/mol. The predicted molar refractivity (Wildman–Crippen MR) is 199 cm³/mol. The average Bonchev–Trinajstić information content (AvgIpc) is 3.85. The van der Waals surface area contributed by atoms with Gasteiger partial charge >= 0.3 is 5.97 Å². The van der Waals surface area contributed by atoms with E-state index < -0.39 is 68.6 Å². The quantitative estimate of drug-likeness (QED) is 0.0744. The minimum absolute atomic E-state index is 0.0171. The molecule has 6 rings (SSSR count). The summed E-state index contributed by atoms with van der Waals surface area (Å²) in [6.07, 6.45) is 3.31. The maximum absolute atomic E-state index is 15.3. The van der Waals surface area contributed by atoms with Gasteiger partial charge in [0.25, 0.3) is 0 Å². The van der Waals surface area contributed by atoms with Crippen LogP contribution in [0.5, 0.6) is 5.75 Å². The number of carboxylic acid groups (broad SMARTS) is 1. The van der Waals surface area contributed by atoms with Gasteiger partial charge in [0.1, 0.15) is 11.5 Å². The van der Waals surface area contributed by atoms with Gasteiger partial charge in [-0.15, -0.1) is 0 Å². The summed E-state index contributed by atoms with van der Waals surface area (Å²) in [5.41, 5.74) is 0.425. The van der Waals surface area contributed by atoms with Crippen LogP contribution >= 0.6 is 23.2 Å². The number of hydrogen-bond acceptors (Lipinski definition) is 6. The van der Waals surface area contributed by atoms with Crippen LogP contribution in [-0.4, -0.2) is 50.9 Å². The average molecular weight is 809 g/mol. The number of rotatable bonds is 14. The SMILES string of the molecule is CCOc1cc(C(=O)O)ccc1N(Cc1cc(C2CC2)cc(N2CCCC2)c1)C(=O)CS(=O)(=O)Nc1c(F)c(F)c(F)c(F)c1Cc1cccc(Cl)c1Cl. The molecule has 0 aromatic heterocycles. The third kappa shape index (κ3) is 8.55. The second kappa shape index (κ2) is 16.1. The van der Waals surface area contributed by atoms with Crippen molar-refractivity contribution in [2.45, 2.75) is 51.5 Å². The molecule has 0 radical (unpaired) electrons. The van der Waals surface area contributed by atoms with Gasteiger partial charge < -0.3 is 19.6 Å². The van der Waals surface area contributed by atoms with Gasteiger partial charge in [0.15, 0.2) is 23.3 Å². The summed E-state index contributed by atoms with van der Waals surface area (Å²) in [6.45, 7) is 3.21. The summed E-state index contributed by atoms with van der Waals surface area (Å²) in [5, 5.41) is 9.55. The minimum atomic E-state index is -5.00. The molecule has 1 saturated heterocycles. The Morgan fingerprint density at radius 2 is 1.67 bits per heavy atom. The van der Waals surface area contributed by atoms with Gasteiger partial charge in [-0.05, 0) is 91.6 Å². The Bertz CT molecular complexity index is 2230. The highest BCUT2D eigenvalue weighted by atomic mass is 35.5. The van der Waals surface area contributed by atoms with E-state index in [1.807, 2.05) is 12.1 Å². The van der Waals surface area contributed by atoms with E-state index in [0.717, 1.165) is 54.9 Å². The van der Waals surface area contributed by atoms with Gasteiger partial charge in [-0.1, -0.05) is 41.4 Å². The van der Waals surface area contributed by atoms with E-state index in [9.17, 15) is 31.9 Å². The lowest BCUT2D eigenvalue weighted by Crippen LogP contribution is -2.37. The standard InChI is InChI=1S/C38H35Cl2F4N3O6S/c1-2-53-30-18-24(38(49)50)10-11-29(30)47(19-21-14-25(22-8-9-22)16-26(15-21)46-12-3-4-13-46)31(48)20-54(51,52)45-37-27(33(41)34(42)35(43)36(37)44)17-23-6-5-7-28(39)32(23)40/h5-7,10-11,14-16,18,22,45H,2-4,8-9,12-13,17,19-20H2,1H3,(H,49,50). The van der Waals surface area contributed by atoms with Crippen molar-refractivity contribution < 1.29 is 45.4 Å². The van der Waals surface area contributed by atoms with E-state index in [2.05, 4.69) is 11.0 Å². The van der Waals surface area contributed by atoms with Gasteiger partial charge in [0, 0.05) is 30.8 Å². The van der Waals surface area contributed by atoms with Crippen molar-refractivity contribution in [1.29, 1.82) is 0 Å². The second-order valence-corrected chi connectivity index (χ2v) is 15.7. The highest BCUT2D eigenvalue weighted by Gasteiger charge is 2.32. The number of benzene rings is 4. The largest absolute Gasteiger partial charge is 0.492 e. The van der Waals surface area contributed by atoms with Crippen LogP contribution in [-0.2, 0) is 27.8 Å². The van der Waals surface area contributed by atoms with Crippen molar-refractivity contribution in [1.82, 2.24) is 0 Å². The van der Waals surface area contributed by atoms with E-state index in [4.69, 9.17) is 27.9 Å². The molecular formula is C38H35Cl2F4N3O6S. The van der Waals surface area contributed by atoms with Crippen LogP contribution in [0.15, 0.2) is 54.6 Å². The van der Waals surface area contributed by atoms with Crippen LogP contribution in [0.25, 0.3) is 0 Å². The molecule has 1 heterocycles. The van der Waals surface area contributed by atoms with Crippen molar-refractivity contribution in [2.75, 3.05) is 40.0 Å². The van der Waals surface area contributed by atoms with Gasteiger partial charge in [0.2, 0.25) is 15.9 Å². The Morgan fingerprint density at radius 1 is 0.963 bits per heavy atom. The Kier molecular flexibility index (Phi) is 11.6. The van der Waals surface area contributed by atoms with Gasteiger partial charge in [-0.25, -0.2) is 30.8 Å². The first-order valence-electron chi connectivity index (χ1n) is 17.1. The fourth-order valence-corrected chi connectivity index (χ4v) is 7.95. The van der Waals surface area contributed by atoms with E-state index in [-0.39, 0.29) is 45.8 Å². The number of amides is 1. The topological polar surface area (TPSA) is 116 Å². The molecule has 0 unspecified atom stereocenters. The number of hydrogen-bond donors (Lipinski definition) is 2. The number of nitrogens with zero attached hydrogens (tertiary/aromatic N) is 2. The molecule has 0 spiro atoms. The molecule has 2 aliphatic rings. The lowest BCUT2D eigenvalue weighted by Gasteiger charge is -2.27. The minimum Gasteiger partial charge on any atom is -0.492 e. The molecule has 1 aliphatic heterocycles. The maximum Gasteiger partial charge on any atom is 0.335 e. The molecule has 1 aliphatic carbocycles. The van der Waals surface area contributed by atoms with Crippen LogP contribution in [0.2, 0.25) is 10.0 Å². The van der Waals surface area contributed by atoms with E-state index in [1.54, 1.807) is 11.6 Å². The molecular weight excluding hydrogens is 773 g/mol. The molecule has 54 heavy (non-hydrogen) atoms. The molecule has 0 bridgehead atoms. The van der Waals surface area contributed by atoms with Crippen molar-refractivity contribution in [3.63, 3.8) is 0 Å². The number of anilines is 3. The first-order valence-corrected chi connectivity index (χ1v) is 19.6.